The number of rotatable bonds is 8. The third-order valence-corrected chi connectivity index (χ3v) is 4.53. The smallest absolute Gasteiger partial charge is 0.193 e. The topological polar surface area (TPSA) is 67.6 Å². The summed E-state index contributed by atoms with van der Waals surface area (Å²) in [5, 5.41) is 3.37. The summed E-state index contributed by atoms with van der Waals surface area (Å²) in [5.74, 6) is 3.46. The highest BCUT2D eigenvalue weighted by atomic mass is 16.5. The number of hydrogen-bond donors (Lipinski definition) is 1. The van der Waals surface area contributed by atoms with E-state index in [4.69, 9.17) is 4.74 Å². The van der Waals surface area contributed by atoms with E-state index in [1.807, 2.05) is 37.0 Å². The Morgan fingerprint density at radius 2 is 2.23 bits per heavy atom. The molecule has 0 unspecified atom stereocenters. The van der Waals surface area contributed by atoms with E-state index < -0.39 is 0 Å². The van der Waals surface area contributed by atoms with Crippen molar-refractivity contribution < 1.29 is 4.74 Å². The van der Waals surface area contributed by atoms with Crippen LogP contribution in [0, 0.1) is 12.8 Å². The van der Waals surface area contributed by atoms with Crippen LogP contribution >= 0.6 is 0 Å². The molecule has 3 rings (SSSR count). The molecule has 2 heterocycles. The molecule has 26 heavy (non-hydrogen) atoms. The van der Waals surface area contributed by atoms with Gasteiger partial charge in [-0.25, -0.2) is 9.97 Å². The van der Waals surface area contributed by atoms with Gasteiger partial charge in [-0.05, 0) is 37.3 Å². The maximum absolute atomic E-state index is 5.70. The molecule has 1 aliphatic carbocycles. The Balaban J connectivity index is 1.46. The second-order valence-electron chi connectivity index (χ2n) is 6.71. The first-order valence-corrected chi connectivity index (χ1v) is 9.12. The van der Waals surface area contributed by atoms with Gasteiger partial charge in [0.05, 0.1) is 6.61 Å². The number of aryl methyl sites for hydroxylation is 1. The summed E-state index contributed by atoms with van der Waals surface area (Å²) in [6, 6.07) is 4.07. The van der Waals surface area contributed by atoms with Crippen molar-refractivity contribution in [2.75, 3.05) is 33.9 Å². The van der Waals surface area contributed by atoms with E-state index in [-0.39, 0.29) is 0 Å². The Kier molecular flexibility index (Phi) is 6.22. The molecule has 2 aromatic rings. The van der Waals surface area contributed by atoms with Gasteiger partial charge in [-0.1, -0.05) is 6.07 Å². The highest BCUT2D eigenvalue weighted by molar-refractivity contribution is 5.79. The van der Waals surface area contributed by atoms with Crippen molar-refractivity contribution in [3.05, 3.63) is 42.1 Å². The predicted molar refractivity (Wildman–Crippen MR) is 102 cm³/mol. The minimum absolute atomic E-state index is 0.677. The van der Waals surface area contributed by atoms with Gasteiger partial charge in [0.2, 0.25) is 0 Å². The molecule has 7 heteroatoms. The van der Waals surface area contributed by atoms with Crippen molar-refractivity contribution in [3.8, 4) is 5.82 Å². The SMILES string of the molecule is CN=C(NCc1ccc(-n2ccnc2C)nc1)N(C)CCOCC1CC1. The quantitative estimate of drug-likeness (QED) is 0.445. The fourth-order valence-electron chi connectivity index (χ4n) is 2.69. The molecule has 0 amide bonds. The summed E-state index contributed by atoms with van der Waals surface area (Å²) in [5.41, 5.74) is 1.10. The summed E-state index contributed by atoms with van der Waals surface area (Å²) in [7, 11) is 3.83. The molecule has 7 nitrogen and oxygen atoms in total. The van der Waals surface area contributed by atoms with Crippen LogP contribution in [-0.4, -0.2) is 59.2 Å². The molecule has 140 valence electrons. The lowest BCUT2D eigenvalue weighted by molar-refractivity contribution is 0.115. The Hall–Kier alpha value is -2.41. The second kappa shape index (κ2) is 8.80. The van der Waals surface area contributed by atoms with Gasteiger partial charge in [0.15, 0.2) is 5.96 Å². The van der Waals surface area contributed by atoms with Crippen molar-refractivity contribution in [3.63, 3.8) is 0 Å². The van der Waals surface area contributed by atoms with Crippen LogP contribution in [0.25, 0.3) is 5.82 Å². The molecule has 0 spiro atoms. The molecule has 0 radical (unpaired) electrons. The normalized spacial score (nSPS) is 14.5. The molecule has 0 bridgehead atoms. The maximum Gasteiger partial charge on any atom is 0.193 e. The lowest BCUT2D eigenvalue weighted by Gasteiger charge is -2.22. The second-order valence-corrected chi connectivity index (χ2v) is 6.71. The number of imidazole rings is 1. The number of nitrogens with one attached hydrogen (secondary N) is 1. The van der Waals surface area contributed by atoms with E-state index >= 15 is 0 Å². The van der Waals surface area contributed by atoms with Crippen molar-refractivity contribution in [2.24, 2.45) is 10.9 Å². The van der Waals surface area contributed by atoms with Gasteiger partial charge >= 0.3 is 0 Å². The number of nitrogens with zero attached hydrogens (tertiary/aromatic N) is 5. The van der Waals surface area contributed by atoms with Gasteiger partial charge in [-0.2, -0.15) is 0 Å². The minimum atomic E-state index is 0.677. The number of guanidine groups is 1. The predicted octanol–water partition coefficient (Wildman–Crippen LogP) is 2.01. The molecule has 1 saturated carbocycles. The van der Waals surface area contributed by atoms with Crippen LogP contribution < -0.4 is 5.32 Å². The standard InChI is InChI=1S/C19H28N6O/c1-15-21-8-9-25(15)18-7-6-17(12-22-18)13-23-19(20-2)24(3)10-11-26-14-16-4-5-16/h6-9,12,16H,4-5,10-11,13-14H2,1-3H3,(H,20,23). The average molecular weight is 356 g/mol. The van der Waals surface area contributed by atoms with Crippen LogP contribution in [0.4, 0.5) is 0 Å². The van der Waals surface area contributed by atoms with Crippen LogP contribution in [0.2, 0.25) is 0 Å². The van der Waals surface area contributed by atoms with E-state index in [0.717, 1.165) is 48.8 Å². The number of hydrogen-bond acceptors (Lipinski definition) is 4. The van der Waals surface area contributed by atoms with Gasteiger partial charge in [0, 0.05) is 52.4 Å². The molecule has 0 atom stereocenters. The molecule has 1 fully saturated rings. The van der Waals surface area contributed by atoms with Crippen LogP contribution in [0.1, 0.15) is 24.2 Å². The van der Waals surface area contributed by atoms with Crippen molar-refractivity contribution in [1.82, 2.24) is 24.8 Å². The molecule has 0 aromatic carbocycles. The lowest BCUT2D eigenvalue weighted by atomic mass is 10.3. The average Bonchev–Trinajstić information content (AvgIpc) is 3.39. The lowest BCUT2D eigenvalue weighted by Crippen LogP contribution is -2.40. The third kappa shape index (κ3) is 5.05. The van der Waals surface area contributed by atoms with Crippen molar-refractivity contribution >= 4 is 5.96 Å². The van der Waals surface area contributed by atoms with Crippen molar-refractivity contribution in [1.29, 1.82) is 0 Å². The Morgan fingerprint density at radius 1 is 1.38 bits per heavy atom. The highest BCUT2D eigenvalue weighted by Gasteiger charge is 2.21. The summed E-state index contributed by atoms with van der Waals surface area (Å²) in [6.45, 7) is 5.09. The fraction of sp³-hybridized carbons (Fsp3) is 0.526. The molecule has 1 aliphatic rings. The molecule has 0 aliphatic heterocycles. The van der Waals surface area contributed by atoms with Gasteiger partial charge in [-0.3, -0.25) is 9.56 Å². The number of aromatic nitrogens is 3. The summed E-state index contributed by atoms with van der Waals surface area (Å²) in [6.07, 6.45) is 8.23. The van der Waals surface area contributed by atoms with Crippen LogP contribution in [0.3, 0.4) is 0 Å². The maximum atomic E-state index is 5.70. The van der Waals surface area contributed by atoms with Gasteiger partial charge in [-0.15, -0.1) is 0 Å². The largest absolute Gasteiger partial charge is 0.379 e. The zero-order chi connectivity index (χ0) is 18.4. The van der Waals surface area contributed by atoms with E-state index in [2.05, 4.69) is 31.2 Å². The fourth-order valence-corrected chi connectivity index (χ4v) is 2.69. The number of ether oxygens (including phenoxy) is 1. The number of aliphatic imine (C=N–C) groups is 1. The minimum Gasteiger partial charge on any atom is -0.379 e. The van der Waals surface area contributed by atoms with Gasteiger partial charge in [0.25, 0.3) is 0 Å². The number of pyridine rings is 1. The summed E-state index contributed by atoms with van der Waals surface area (Å²) < 4.78 is 7.67. The molecule has 0 saturated heterocycles. The van der Waals surface area contributed by atoms with Crippen LogP contribution in [0.5, 0.6) is 0 Å². The third-order valence-electron chi connectivity index (χ3n) is 4.53. The van der Waals surface area contributed by atoms with E-state index in [0.29, 0.717) is 6.54 Å². The Bertz CT molecular complexity index is 720. The zero-order valence-corrected chi connectivity index (χ0v) is 15.9. The first-order valence-electron chi connectivity index (χ1n) is 9.12. The van der Waals surface area contributed by atoms with Crippen molar-refractivity contribution in [2.45, 2.75) is 26.3 Å². The van der Waals surface area contributed by atoms with E-state index in [1.54, 1.807) is 13.2 Å². The zero-order valence-electron chi connectivity index (χ0n) is 15.9. The van der Waals surface area contributed by atoms with E-state index in [9.17, 15) is 0 Å². The Labute approximate surface area is 155 Å². The van der Waals surface area contributed by atoms with Gasteiger partial charge < -0.3 is 15.0 Å². The Morgan fingerprint density at radius 3 is 2.85 bits per heavy atom. The van der Waals surface area contributed by atoms with Crippen LogP contribution in [-0.2, 0) is 11.3 Å². The summed E-state index contributed by atoms with van der Waals surface area (Å²) >= 11 is 0. The molecule has 1 N–H and O–H groups in total. The molecule has 2 aromatic heterocycles. The highest BCUT2D eigenvalue weighted by Crippen LogP contribution is 2.28. The molecular weight excluding hydrogens is 328 g/mol. The monoisotopic (exact) mass is 356 g/mol. The first-order chi connectivity index (χ1) is 12.7. The van der Waals surface area contributed by atoms with Crippen LogP contribution in [0.15, 0.2) is 35.7 Å². The number of likely N-dealkylation sites (N-methyl/N-ethyl adjacent to an activating group) is 1. The summed E-state index contributed by atoms with van der Waals surface area (Å²) in [4.78, 5) is 15.2. The molecular formula is C19H28N6O. The van der Waals surface area contributed by atoms with Gasteiger partial charge in [0.1, 0.15) is 11.6 Å². The first kappa shape index (κ1) is 18.4. The van der Waals surface area contributed by atoms with E-state index in [1.165, 1.54) is 12.8 Å².